The molecule has 1 aromatic carbocycles. The van der Waals surface area contributed by atoms with Crippen molar-refractivity contribution < 1.29 is 0 Å². The summed E-state index contributed by atoms with van der Waals surface area (Å²) in [7, 11) is 2.11. The van der Waals surface area contributed by atoms with Gasteiger partial charge in [-0.3, -0.25) is 14.4 Å². The van der Waals surface area contributed by atoms with E-state index in [-0.39, 0.29) is 12.1 Å². The number of hydrogen-bond donors (Lipinski definition) is 2. The average molecular weight is 310 g/mol. The molecule has 0 radical (unpaired) electrons. The van der Waals surface area contributed by atoms with E-state index < -0.39 is 0 Å². The Bertz CT molecular complexity index is 941. The summed E-state index contributed by atoms with van der Waals surface area (Å²) >= 11 is 0. The summed E-state index contributed by atoms with van der Waals surface area (Å²) < 4.78 is 2.05. The lowest BCUT2D eigenvalue weighted by molar-refractivity contribution is 0.259. The van der Waals surface area contributed by atoms with E-state index in [2.05, 4.69) is 31.9 Å². The van der Waals surface area contributed by atoms with Crippen molar-refractivity contribution in [1.82, 2.24) is 24.9 Å². The van der Waals surface area contributed by atoms with Gasteiger partial charge in [0, 0.05) is 30.6 Å². The van der Waals surface area contributed by atoms with Crippen molar-refractivity contribution in [2.45, 2.75) is 19.6 Å². The number of nitrogens with two attached hydrogens (primary N) is 1. The maximum atomic E-state index is 11.9. The van der Waals surface area contributed by atoms with Crippen LogP contribution in [0.25, 0.3) is 21.9 Å². The van der Waals surface area contributed by atoms with Crippen molar-refractivity contribution >= 4 is 10.8 Å². The summed E-state index contributed by atoms with van der Waals surface area (Å²) in [6.07, 6.45) is 1.90. The highest BCUT2D eigenvalue weighted by Gasteiger charge is 2.19. The zero-order valence-corrected chi connectivity index (χ0v) is 12.9. The molecule has 2 aromatic heterocycles. The minimum atomic E-state index is -0.194. The predicted molar refractivity (Wildman–Crippen MR) is 87.8 cm³/mol. The Morgan fingerprint density at radius 3 is 3.00 bits per heavy atom. The highest BCUT2D eigenvalue weighted by Crippen LogP contribution is 2.29. The zero-order valence-electron chi connectivity index (χ0n) is 12.9. The van der Waals surface area contributed by atoms with Gasteiger partial charge in [-0.2, -0.15) is 10.2 Å². The second kappa shape index (κ2) is 5.29. The minimum absolute atomic E-state index is 0.194. The molecule has 118 valence electrons. The van der Waals surface area contributed by atoms with Gasteiger partial charge in [-0.05, 0) is 24.7 Å². The second-order valence-corrected chi connectivity index (χ2v) is 5.93. The fraction of sp³-hybridized carbons (Fsp3) is 0.312. The van der Waals surface area contributed by atoms with Gasteiger partial charge in [0.15, 0.2) is 0 Å². The van der Waals surface area contributed by atoms with Crippen LogP contribution in [0.5, 0.6) is 0 Å². The topological polar surface area (TPSA) is 92.8 Å². The summed E-state index contributed by atoms with van der Waals surface area (Å²) in [5.41, 5.74) is 9.59. The molecular weight excluding hydrogens is 292 g/mol. The normalized spacial score (nSPS) is 15.0. The van der Waals surface area contributed by atoms with Crippen LogP contribution in [-0.2, 0) is 19.6 Å². The third-order valence-corrected chi connectivity index (χ3v) is 4.43. The molecule has 0 saturated carbocycles. The average Bonchev–Trinajstić information content (AvgIpc) is 2.98. The van der Waals surface area contributed by atoms with Crippen LogP contribution in [0, 0.1) is 0 Å². The second-order valence-electron chi connectivity index (χ2n) is 5.93. The Balaban J connectivity index is 1.91. The van der Waals surface area contributed by atoms with Crippen LogP contribution < -0.4 is 11.3 Å². The molecule has 7 heteroatoms. The van der Waals surface area contributed by atoms with Crippen molar-refractivity contribution in [2.24, 2.45) is 5.73 Å². The Morgan fingerprint density at radius 1 is 1.30 bits per heavy atom. The van der Waals surface area contributed by atoms with Gasteiger partial charge < -0.3 is 5.73 Å². The van der Waals surface area contributed by atoms with E-state index in [1.807, 2.05) is 24.4 Å². The van der Waals surface area contributed by atoms with Crippen LogP contribution in [-0.4, -0.2) is 38.5 Å². The van der Waals surface area contributed by atoms with E-state index in [0.29, 0.717) is 11.1 Å². The van der Waals surface area contributed by atoms with E-state index in [1.54, 1.807) is 0 Å². The molecule has 0 fully saturated rings. The maximum absolute atomic E-state index is 11.9. The van der Waals surface area contributed by atoms with E-state index in [0.717, 1.165) is 36.1 Å². The monoisotopic (exact) mass is 310 g/mol. The number of nitrogens with one attached hydrogen (secondary N) is 1. The molecule has 1 aliphatic rings. The van der Waals surface area contributed by atoms with Crippen molar-refractivity contribution in [1.29, 1.82) is 0 Å². The smallest absolute Gasteiger partial charge is 0.272 e. The van der Waals surface area contributed by atoms with Crippen LogP contribution >= 0.6 is 0 Å². The van der Waals surface area contributed by atoms with Crippen LogP contribution in [0.1, 0.15) is 11.4 Å². The van der Waals surface area contributed by atoms with E-state index in [4.69, 9.17) is 5.73 Å². The molecular formula is C16H18N6O. The SMILES string of the molecule is CN1CCn2ncc(-c3ccc4c(=O)[nH]nc(CN)c4c3)c2C1. The fourth-order valence-corrected chi connectivity index (χ4v) is 3.15. The van der Waals surface area contributed by atoms with Crippen molar-refractivity contribution in [3.8, 4) is 11.1 Å². The number of aromatic nitrogens is 4. The van der Waals surface area contributed by atoms with Crippen molar-refractivity contribution in [3.63, 3.8) is 0 Å². The quantitative estimate of drug-likeness (QED) is 0.726. The zero-order chi connectivity index (χ0) is 16.0. The Labute approximate surface area is 132 Å². The highest BCUT2D eigenvalue weighted by molar-refractivity contribution is 5.88. The third kappa shape index (κ3) is 2.25. The standard InChI is InChI=1S/C16H18N6O/c1-21-4-5-22-15(9-21)13(8-18-22)10-2-3-11-12(6-10)14(7-17)19-20-16(11)23/h2-3,6,8H,4-5,7,9,17H2,1H3,(H,20,23). The minimum Gasteiger partial charge on any atom is -0.325 e. The van der Waals surface area contributed by atoms with Gasteiger partial charge in [-0.1, -0.05) is 6.07 Å². The van der Waals surface area contributed by atoms with E-state index >= 15 is 0 Å². The first kappa shape index (κ1) is 14.1. The van der Waals surface area contributed by atoms with Crippen molar-refractivity contribution in [2.75, 3.05) is 13.6 Å². The van der Waals surface area contributed by atoms with Gasteiger partial charge in [0.1, 0.15) is 0 Å². The molecule has 0 saturated heterocycles. The molecule has 0 bridgehead atoms. The Hall–Kier alpha value is -2.51. The number of hydrogen-bond acceptors (Lipinski definition) is 5. The predicted octanol–water partition coefficient (Wildman–Crippen LogP) is 0.691. The van der Waals surface area contributed by atoms with Gasteiger partial charge in [0.25, 0.3) is 5.56 Å². The molecule has 1 aliphatic heterocycles. The van der Waals surface area contributed by atoms with Gasteiger partial charge in [-0.25, -0.2) is 5.10 Å². The van der Waals surface area contributed by atoms with E-state index in [1.165, 1.54) is 5.69 Å². The molecule has 3 aromatic rings. The molecule has 4 rings (SSSR count). The number of H-pyrrole nitrogens is 1. The largest absolute Gasteiger partial charge is 0.325 e. The van der Waals surface area contributed by atoms with Crippen LogP contribution in [0.3, 0.4) is 0 Å². The maximum Gasteiger partial charge on any atom is 0.272 e. The van der Waals surface area contributed by atoms with Crippen molar-refractivity contribution in [3.05, 3.63) is 46.1 Å². The molecule has 0 amide bonds. The van der Waals surface area contributed by atoms with Crippen LogP contribution in [0.15, 0.2) is 29.2 Å². The summed E-state index contributed by atoms with van der Waals surface area (Å²) in [5.74, 6) is 0. The summed E-state index contributed by atoms with van der Waals surface area (Å²) in [6.45, 7) is 3.05. The molecule has 0 atom stereocenters. The van der Waals surface area contributed by atoms with Gasteiger partial charge in [0.2, 0.25) is 0 Å². The fourth-order valence-electron chi connectivity index (χ4n) is 3.15. The van der Waals surface area contributed by atoms with Gasteiger partial charge in [0.05, 0.1) is 29.5 Å². The number of aromatic amines is 1. The summed E-state index contributed by atoms with van der Waals surface area (Å²) in [6, 6.07) is 5.79. The number of fused-ring (bicyclic) bond motifs is 2. The van der Waals surface area contributed by atoms with E-state index in [9.17, 15) is 4.79 Å². The molecule has 0 spiro atoms. The first-order valence-corrected chi connectivity index (χ1v) is 7.62. The number of nitrogens with zero attached hydrogens (tertiary/aromatic N) is 4. The lowest BCUT2D eigenvalue weighted by Gasteiger charge is -2.24. The van der Waals surface area contributed by atoms with Crippen LogP contribution in [0.4, 0.5) is 0 Å². The number of benzene rings is 1. The molecule has 3 N–H and O–H groups in total. The summed E-state index contributed by atoms with van der Waals surface area (Å²) in [4.78, 5) is 14.2. The van der Waals surface area contributed by atoms with Gasteiger partial charge in [-0.15, -0.1) is 0 Å². The lowest BCUT2D eigenvalue weighted by atomic mass is 10.0. The Morgan fingerprint density at radius 2 is 2.17 bits per heavy atom. The molecule has 0 unspecified atom stereocenters. The Kier molecular flexibility index (Phi) is 3.24. The molecule has 0 aliphatic carbocycles. The lowest BCUT2D eigenvalue weighted by Crippen LogP contribution is -2.30. The first-order chi connectivity index (χ1) is 11.2. The molecule has 3 heterocycles. The van der Waals surface area contributed by atoms with Gasteiger partial charge >= 0.3 is 0 Å². The first-order valence-electron chi connectivity index (χ1n) is 7.62. The van der Waals surface area contributed by atoms with Crippen LogP contribution in [0.2, 0.25) is 0 Å². The highest BCUT2D eigenvalue weighted by atomic mass is 16.1. The molecule has 23 heavy (non-hydrogen) atoms. The third-order valence-electron chi connectivity index (χ3n) is 4.43. The summed E-state index contributed by atoms with van der Waals surface area (Å²) in [5, 5.41) is 12.5. The number of likely N-dealkylation sites (N-methyl/N-ethyl adjacent to an activating group) is 1. The number of rotatable bonds is 2. The molecule has 7 nitrogen and oxygen atoms in total.